The Morgan fingerprint density at radius 1 is 1.00 bits per heavy atom. The van der Waals surface area contributed by atoms with Gasteiger partial charge in [0.05, 0.1) is 20.3 Å². The number of morpholine rings is 1. The molecule has 0 saturated carbocycles. The minimum absolute atomic E-state index is 0.0459. The molecule has 1 unspecified atom stereocenters. The molecule has 0 bridgehead atoms. The second-order valence-electron chi connectivity index (χ2n) is 6.56. The Bertz CT molecular complexity index is 799. The summed E-state index contributed by atoms with van der Waals surface area (Å²) in [5.41, 5.74) is 2.02. The number of carbonyl (C=O) groups excluding carboxylic acids is 2. The first-order valence-corrected chi connectivity index (χ1v) is 9.25. The number of hydrogen-bond acceptors (Lipinski definition) is 5. The molecule has 2 amide bonds. The van der Waals surface area contributed by atoms with E-state index in [-0.39, 0.29) is 17.9 Å². The van der Waals surface area contributed by atoms with Gasteiger partial charge in [-0.05, 0) is 55.5 Å². The van der Waals surface area contributed by atoms with Crippen molar-refractivity contribution < 1.29 is 19.1 Å². The van der Waals surface area contributed by atoms with Gasteiger partial charge in [-0.25, -0.2) is 0 Å². The number of amides is 2. The molecular weight excluding hydrogens is 358 g/mol. The number of hydrogen-bond donors (Lipinski definition) is 2. The van der Waals surface area contributed by atoms with Crippen LogP contribution in [-0.4, -0.2) is 56.2 Å². The van der Waals surface area contributed by atoms with Crippen molar-refractivity contribution in [2.45, 2.75) is 13.0 Å². The highest BCUT2D eigenvalue weighted by Crippen LogP contribution is 2.17. The summed E-state index contributed by atoms with van der Waals surface area (Å²) in [6.45, 7) is 4.24. The van der Waals surface area contributed by atoms with Crippen LogP contribution in [0.1, 0.15) is 17.3 Å². The highest BCUT2D eigenvalue weighted by molar-refractivity contribution is 6.04. The maximum atomic E-state index is 12.5. The van der Waals surface area contributed by atoms with E-state index < -0.39 is 0 Å². The number of nitrogens with zero attached hydrogens (tertiary/aromatic N) is 1. The normalized spacial score (nSPS) is 14.9. The van der Waals surface area contributed by atoms with E-state index in [1.807, 2.05) is 6.92 Å². The van der Waals surface area contributed by atoms with Crippen molar-refractivity contribution >= 4 is 23.2 Å². The van der Waals surface area contributed by atoms with Gasteiger partial charge in [0, 0.05) is 30.0 Å². The van der Waals surface area contributed by atoms with E-state index in [1.165, 1.54) is 0 Å². The Balaban J connectivity index is 1.56. The second-order valence-corrected chi connectivity index (χ2v) is 6.56. The Labute approximate surface area is 164 Å². The van der Waals surface area contributed by atoms with Crippen LogP contribution in [0.2, 0.25) is 0 Å². The van der Waals surface area contributed by atoms with Crippen molar-refractivity contribution in [1.82, 2.24) is 4.90 Å². The second kappa shape index (κ2) is 9.23. The van der Waals surface area contributed by atoms with E-state index in [2.05, 4.69) is 10.6 Å². The Kier molecular flexibility index (Phi) is 6.49. The number of benzene rings is 2. The van der Waals surface area contributed by atoms with Gasteiger partial charge in [-0.1, -0.05) is 0 Å². The SMILES string of the molecule is COc1ccc(NC(=O)c2ccc(NC(C)C(=O)N3CCOCC3)cc2)cc1. The van der Waals surface area contributed by atoms with Gasteiger partial charge in [0.1, 0.15) is 11.8 Å². The summed E-state index contributed by atoms with van der Waals surface area (Å²) in [6, 6.07) is 13.8. The smallest absolute Gasteiger partial charge is 0.255 e. The number of anilines is 2. The number of rotatable bonds is 6. The molecule has 7 nitrogen and oxygen atoms in total. The van der Waals surface area contributed by atoms with Crippen LogP contribution in [-0.2, 0) is 9.53 Å². The molecule has 2 aromatic rings. The summed E-state index contributed by atoms with van der Waals surface area (Å²) < 4.78 is 10.4. The highest BCUT2D eigenvalue weighted by atomic mass is 16.5. The molecule has 28 heavy (non-hydrogen) atoms. The number of carbonyl (C=O) groups is 2. The van der Waals surface area contributed by atoms with E-state index in [0.717, 1.165) is 11.4 Å². The van der Waals surface area contributed by atoms with Crippen LogP contribution in [0.3, 0.4) is 0 Å². The molecule has 1 aliphatic rings. The molecular formula is C21H25N3O4. The fourth-order valence-corrected chi connectivity index (χ4v) is 2.96. The van der Waals surface area contributed by atoms with Crippen LogP contribution in [0.5, 0.6) is 5.75 Å². The molecule has 1 fully saturated rings. The van der Waals surface area contributed by atoms with Crippen LogP contribution in [0.25, 0.3) is 0 Å². The fraction of sp³-hybridized carbons (Fsp3) is 0.333. The van der Waals surface area contributed by atoms with Crippen LogP contribution in [0, 0.1) is 0 Å². The van der Waals surface area contributed by atoms with Gasteiger partial charge < -0.3 is 25.0 Å². The zero-order valence-corrected chi connectivity index (χ0v) is 16.1. The summed E-state index contributed by atoms with van der Waals surface area (Å²) in [7, 11) is 1.60. The lowest BCUT2D eigenvalue weighted by Crippen LogP contribution is -2.46. The monoisotopic (exact) mass is 383 g/mol. The molecule has 2 aromatic carbocycles. The number of nitrogens with one attached hydrogen (secondary N) is 2. The first kappa shape index (κ1) is 19.7. The van der Waals surface area contributed by atoms with Gasteiger partial charge in [0.15, 0.2) is 0 Å². The maximum absolute atomic E-state index is 12.5. The molecule has 0 aliphatic carbocycles. The van der Waals surface area contributed by atoms with Gasteiger partial charge in [0.25, 0.3) is 5.91 Å². The zero-order chi connectivity index (χ0) is 19.9. The maximum Gasteiger partial charge on any atom is 0.255 e. The van der Waals surface area contributed by atoms with Gasteiger partial charge >= 0.3 is 0 Å². The predicted octanol–water partition coefficient (Wildman–Crippen LogP) is 2.61. The summed E-state index contributed by atoms with van der Waals surface area (Å²) in [4.78, 5) is 26.6. The van der Waals surface area contributed by atoms with Crippen LogP contribution < -0.4 is 15.4 Å². The third-order valence-electron chi connectivity index (χ3n) is 4.57. The Hall–Kier alpha value is -3.06. The largest absolute Gasteiger partial charge is 0.497 e. The van der Waals surface area contributed by atoms with E-state index in [1.54, 1.807) is 60.5 Å². The van der Waals surface area contributed by atoms with E-state index >= 15 is 0 Å². The molecule has 148 valence electrons. The summed E-state index contributed by atoms with van der Waals surface area (Å²) >= 11 is 0. The van der Waals surface area contributed by atoms with Crippen molar-refractivity contribution in [1.29, 1.82) is 0 Å². The van der Waals surface area contributed by atoms with E-state index in [9.17, 15) is 9.59 Å². The number of ether oxygens (including phenoxy) is 2. The lowest BCUT2D eigenvalue weighted by molar-refractivity contribution is -0.135. The van der Waals surface area contributed by atoms with Gasteiger partial charge in [-0.3, -0.25) is 9.59 Å². The molecule has 3 rings (SSSR count). The van der Waals surface area contributed by atoms with Crippen LogP contribution in [0.4, 0.5) is 11.4 Å². The Morgan fingerprint density at radius 3 is 2.21 bits per heavy atom. The standard InChI is InChI=1S/C21H25N3O4/c1-15(21(26)24-11-13-28-14-12-24)22-17-5-3-16(4-6-17)20(25)23-18-7-9-19(27-2)10-8-18/h3-10,15,22H,11-14H2,1-2H3,(H,23,25). The summed E-state index contributed by atoms with van der Waals surface area (Å²) in [5, 5.41) is 6.03. The van der Waals surface area contributed by atoms with Gasteiger partial charge in [-0.2, -0.15) is 0 Å². The van der Waals surface area contributed by atoms with Crippen molar-refractivity contribution in [3.8, 4) is 5.75 Å². The molecule has 0 aromatic heterocycles. The topological polar surface area (TPSA) is 79.9 Å². The third kappa shape index (κ3) is 5.01. The first-order chi connectivity index (χ1) is 13.6. The average molecular weight is 383 g/mol. The fourth-order valence-electron chi connectivity index (χ4n) is 2.96. The average Bonchev–Trinajstić information content (AvgIpc) is 2.74. The summed E-state index contributed by atoms with van der Waals surface area (Å²) in [6.07, 6.45) is 0. The van der Waals surface area contributed by atoms with Crippen molar-refractivity contribution in [3.05, 3.63) is 54.1 Å². The van der Waals surface area contributed by atoms with Crippen molar-refractivity contribution in [3.63, 3.8) is 0 Å². The molecule has 7 heteroatoms. The van der Waals surface area contributed by atoms with E-state index in [0.29, 0.717) is 37.6 Å². The minimum Gasteiger partial charge on any atom is -0.497 e. The Morgan fingerprint density at radius 2 is 1.61 bits per heavy atom. The minimum atomic E-state index is -0.350. The molecule has 1 heterocycles. The molecule has 1 aliphatic heterocycles. The van der Waals surface area contributed by atoms with Crippen LogP contribution >= 0.6 is 0 Å². The highest BCUT2D eigenvalue weighted by Gasteiger charge is 2.22. The van der Waals surface area contributed by atoms with Crippen molar-refractivity contribution in [2.75, 3.05) is 44.0 Å². The molecule has 1 atom stereocenters. The van der Waals surface area contributed by atoms with E-state index in [4.69, 9.17) is 9.47 Å². The number of methoxy groups -OCH3 is 1. The van der Waals surface area contributed by atoms with Crippen molar-refractivity contribution in [2.24, 2.45) is 0 Å². The lowest BCUT2D eigenvalue weighted by Gasteiger charge is -2.29. The zero-order valence-electron chi connectivity index (χ0n) is 16.1. The molecule has 0 radical (unpaired) electrons. The first-order valence-electron chi connectivity index (χ1n) is 9.25. The molecule has 0 spiro atoms. The summed E-state index contributed by atoms with van der Waals surface area (Å²) in [5.74, 6) is 0.577. The third-order valence-corrected chi connectivity index (χ3v) is 4.57. The quantitative estimate of drug-likeness (QED) is 0.802. The van der Waals surface area contributed by atoms with Gasteiger partial charge in [-0.15, -0.1) is 0 Å². The van der Waals surface area contributed by atoms with Gasteiger partial charge in [0.2, 0.25) is 5.91 Å². The predicted molar refractivity (Wildman–Crippen MR) is 108 cm³/mol. The lowest BCUT2D eigenvalue weighted by atomic mass is 10.1. The molecule has 1 saturated heterocycles. The molecule has 2 N–H and O–H groups in total. The van der Waals surface area contributed by atoms with Crippen LogP contribution in [0.15, 0.2) is 48.5 Å².